The maximum atomic E-state index is 11.8. The van der Waals surface area contributed by atoms with Crippen molar-refractivity contribution in [1.82, 2.24) is 9.78 Å². The zero-order valence-corrected chi connectivity index (χ0v) is 8.36. The monoisotopic (exact) mass is 193 g/mol. The van der Waals surface area contributed by atoms with Crippen LogP contribution in [0.15, 0.2) is 12.3 Å². The molecule has 4 heteroatoms. The molecular formula is C10H15N3O. The van der Waals surface area contributed by atoms with E-state index in [4.69, 9.17) is 5.73 Å². The fourth-order valence-electron chi connectivity index (χ4n) is 1.73. The molecule has 1 aliphatic carbocycles. The van der Waals surface area contributed by atoms with E-state index in [0.717, 1.165) is 25.0 Å². The molecule has 0 aliphatic heterocycles. The van der Waals surface area contributed by atoms with Gasteiger partial charge < -0.3 is 5.73 Å². The zero-order chi connectivity index (χ0) is 10.2. The number of nitrogens with zero attached hydrogens (tertiary/aromatic N) is 2. The predicted octanol–water partition coefficient (Wildman–Crippen LogP) is 0.413. The normalized spacial score (nSPS) is 19.0. The topological polar surface area (TPSA) is 60.9 Å². The molecule has 2 rings (SSSR count). The van der Waals surface area contributed by atoms with Gasteiger partial charge in [-0.3, -0.25) is 9.48 Å². The lowest BCUT2D eigenvalue weighted by molar-refractivity contribution is -0.126. The number of carbonyl (C=O) groups is 1. The third kappa shape index (κ3) is 1.57. The fraction of sp³-hybridized carbons (Fsp3) is 0.600. The number of ketones is 1. The van der Waals surface area contributed by atoms with Crippen LogP contribution in [0.2, 0.25) is 0 Å². The van der Waals surface area contributed by atoms with Crippen molar-refractivity contribution in [2.75, 3.05) is 0 Å². The number of hydrogen-bond acceptors (Lipinski definition) is 3. The quantitative estimate of drug-likeness (QED) is 0.756. The average molecular weight is 193 g/mol. The third-order valence-corrected chi connectivity index (χ3v) is 2.91. The van der Waals surface area contributed by atoms with Crippen molar-refractivity contribution in [1.29, 1.82) is 0 Å². The first kappa shape index (κ1) is 9.40. The van der Waals surface area contributed by atoms with Crippen molar-refractivity contribution >= 4 is 5.78 Å². The Morgan fingerprint density at radius 1 is 1.71 bits per heavy atom. The van der Waals surface area contributed by atoms with E-state index in [1.54, 1.807) is 4.68 Å². The second-order valence-corrected chi connectivity index (χ2v) is 4.09. The molecule has 14 heavy (non-hydrogen) atoms. The molecule has 1 aromatic rings. The van der Waals surface area contributed by atoms with Gasteiger partial charge in [-0.05, 0) is 25.3 Å². The van der Waals surface area contributed by atoms with Gasteiger partial charge in [-0.25, -0.2) is 0 Å². The van der Waals surface area contributed by atoms with Gasteiger partial charge in [-0.15, -0.1) is 0 Å². The minimum absolute atomic E-state index is 0.127. The Balaban J connectivity index is 2.01. The number of nitrogens with two attached hydrogens (primary N) is 1. The summed E-state index contributed by atoms with van der Waals surface area (Å²) in [5, 5.41) is 4.16. The number of aromatic nitrogens is 2. The molecule has 1 saturated carbocycles. The number of aryl methyl sites for hydroxylation is 1. The molecule has 1 fully saturated rings. The van der Waals surface area contributed by atoms with Gasteiger partial charge in [0.15, 0.2) is 5.78 Å². The average Bonchev–Trinajstić information content (AvgIpc) is 2.47. The lowest BCUT2D eigenvalue weighted by Crippen LogP contribution is -2.54. The Bertz CT molecular complexity index is 352. The largest absolute Gasteiger partial charge is 0.319 e. The lowest BCUT2D eigenvalue weighted by atomic mass is 9.73. The highest BCUT2D eigenvalue weighted by Gasteiger charge is 2.39. The van der Waals surface area contributed by atoms with Crippen LogP contribution in [0, 0.1) is 0 Å². The Morgan fingerprint density at radius 2 is 2.43 bits per heavy atom. The minimum atomic E-state index is -0.544. The molecule has 0 atom stereocenters. The van der Waals surface area contributed by atoms with Crippen LogP contribution in [-0.2, 0) is 18.3 Å². The predicted molar refractivity (Wildman–Crippen MR) is 52.7 cm³/mol. The van der Waals surface area contributed by atoms with Crippen LogP contribution < -0.4 is 5.73 Å². The number of rotatable bonds is 3. The van der Waals surface area contributed by atoms with Gasteiger partial charge in [0.25, 0.3) is 0 Å². The number of carbonyl (C=O) groups excluding carboxylic acids is 1. The second-order valence-electron chi connectivity index (χ2n) is 4.09. The zero-order valence-electron chi connectivity index (χ0n) is 8.36. The molecular weight excluding hydrogens is 178 g/mol. The van der Waals surface area contributed by atoms with Gasteiger partial charge in [0.2, 0.25) is 0 Å². The molecule has 1 heterocycles. The molecule has 0 saturated heterocycles. The smallest absolute Gasteiger partial charge is 0.158 e. The van der Waals surface area contributed by atoms with Crippen molar-refractivity contribution in [2.45, 2.75) is 31.2 Å². The minimum Gasteiger partial charge on any atom is -0.319 e. The van der Waals surface area contributed by atoms with Gasteiger partial charge in [-0.1, -0.05) is 0 Å². The maximum absolute atomic E-state index is 11.8. The van der Waals surface area contributed by atoms with Gasteiger partial charge in [0.05, 0.1) is 17.7 Å². The van der Waals surface area contributed by atoms with Crippen LogP contribution >= 0.6 is 0 Å². The summed E-state index contributed by atoms with van der Waals surface area (Å²) in [5.74, 6) is 0.127. The van der Waals surface area contributed by atoms with Crippen LogP contribution in [0.1, 0.15) is 25.0 Å². The van der Waals surface area contributed by atoms with Crippen LogP contribution in [0.3, 0.4) is 0 Å². The number of Topliss-reactive ketones (excluding diaryl/α,β-unsaturated/α-hetero) is 1. The van der Waals surface area contributed by atoms with Crippen molar-refractivity contribution < 1.29 is 4.79 Å². The van der Waals surface area contributed by atoms with Crippen LogP contribution in [0.4, 0.5) is 0 Å². The van der Waals surface area contributed by atoms with Gasteiger partial charge in [-0.2, -0.15) is 5.10 Å². The first-order valence-corrected chi connectivity index (χ1v) is 4.91. The summed E-state index contributed by atoms with van der Waals surface area (Å²) in [6.07, 6.45) is 4.95. The van der Waals surface area contributed by atoms with Crippen LogP contribution in [-0.4, -0.2) is 21.1 Å². The molecule has 0 spiro atoms. The van der Waals surface area contributed by atoms with E-state index < -0.39 is 5.54 Å². The first-order chi connectivity index (χ1) is 6.60. The van der Waals surface area contributed by atoms with Gasteiger partial charge in [0.1, 0.15) is 0 Å². The molecule has 4 nitrogen and oxygen atoms in total. The van der Waals surface area contributed by atoms with Crippen molar-refractivity contribution in [2.24, 2.45) is 12.8 Å². The summed E-state index contributed by atoms with van der Waals surface area (Å²) in [7, 11) is 1.84. The second kappa shape index (κ2) is 3.20. The summed E-state index contributed by atoms with van der Waals surface area (Å²) in [4.78, 5) is 11.8. The van der Waals surface area contributed by atoms with E-state index in [9.17, 15) is 4.79 Å². The van der Waals surface area contributed by atoms with E-state index in [0.29, 0.717) is 6.42 Å². The Labute approximate surface area is 83.1 Å². The SMILES string of the molecule is Cn1ccc(CC(=O)C2(N)CCC2)n1. The standard InChI is InChI=1S/C10H15N3O/c1-13-6-3-8(12-13)7-9(14)10(11)4-2-5-10/h3,6H,2,4-5,7,11H2,1H3. The molecule has 0 radical (unpaired) electrons. The lowest BCUT2D eigenvalue weighted by Gasteiger charge is -2.36. The van der Waals surface area contributed by atoms with Crippen molar-refractivity contribution in [3.8, 4) is 0 Å². The number of hydrogen-bond donors (Lipinski definition) is 1. The Hall–Kier alpha value is -1.16. The molecule has 0 unspecified atom stereocenters. The van der Waals surface area contributed by atoms with E-state index in [1.807, 2.05) is 19.3 Å². The van der Waals surface area contributed by atoms with Crippen molar-refractivity contribution in [3.05, 3.63) is 18.0 Å². The molecule has 1 aliphatic rings. The first-order valence-electron chi connectivity index (χ1n) is 4.91. The van der Waals surface area contributed by atoms with Gasteiger partial charge >= 0.3 is 0 Å². The summed E-state index contributed by atoms with van der Waals surface area (Å²) in [5.41, 5.74) is 6.19. The van der Waals surface area contributed by atoms with E-state index in [1.165, 1.54) is 0 Å². The highest BCUT2D eigenvalue weighted by atomic mass is 16.1. The highest BCUT2D eigenvalue weighted by Crippen LogP contribution is 2.30. The summed E-state index contributed by atoms with van der Waals surface area (Å²) < 4.78 is 1.70. The molecule has 0 aromatic carbocycles. The summed E-state index contributed by atoms with van der Waals surface area (Å²) in [6, 6.07) is 1.86. The summed E-state index contributed by atoms with van der Waals surface area (Å²) >= 11 is 0. The Morgan fingerprint density at radius 3 is 2.86 bits per heavy atom. The Kier molecular flexibility index (Phi) is 2.15. The third-order valence-electron chi connectivity index (χ3n) is 2.91. The molecule has 2 N–H and O–H groups in total. The highest BCUT2D eigenvalue weighted by molar-refractivity contribution is 5.90. The van der Waals surface area contributed by atoms with Gasteiger partial charge in [0, 0.05) is 13.2 Å². The molecule has 76 valence electrons. The molecule has 1 aromatic heterocycles. The van der Waals surface area contributed by atoms with Crippen LogP contribution in [0.25, 0.3) is 0 Å². The van der Waals surface area contributed by atoms with Crippen molar-refractivity contribution in [3.63, 3.8) is 0 Å². The maximum Gasteiger partial charge on any atom is 0.158 e. The van der Waals surface area contributed by atoms with E-state index >= 15 is 0 Å². The fourth-order valence-corrected chi connectivity index (χ4v) is 1.73. The van der Waals surface area contributed by atoms with Crippen LogP contribution in [0.5, 0.6) is 0 Å². The molecule has 0 bridgehead atoms. The summed E-state index contributed by atoms with van der Waals surface area (Å²) in [6.45, 7) is 0. The van der Waals surface area contributed by atoms with E-state index in [-0.39, 0.29) is 5.78 Å². The van der Waals surface area contributed by atoms with E-state index in [2.05, 4.69) is 5.10 Å². The molecule has 0 amide bonds.